The highest BCUT2D eigenvalue weighted by Crippen LogP contribution is 2.32. The molecule has 1 aromatic rings. The first kappa shape index (κ1) is 15.2. The van der Waals surface area contributed by atoms with Gasteiger partial charge >= 0.3 is 0 Å². The number of carbonyl (C=O) groups excluding carboxylic acids is 2. The molecule has 2 fully saturated rings. The summed E-state index contributed by atoms with van der Waals surface area (Å²) in [6.45, 7) is 2.93. The summed E-state index contributed by atoms with van der Waals surface area (Å²) in [5.74, 6) is -0.636. The predicted octanol–water partition coefficient (Wildman–Crippen LogP) is 2.15. The number of hydrogen-bond donors (Lipinski definition) is 0. The molecule has 116 valence electrons. The third-order valence-corrected chi connectivity index (χ3v) is 4.39. The molecule has 0 unspecified atom stereocenters. The van der Waals surface area contributed by atoms with Crippen LogP contribution in [0.2, 0.25) is 0 Å². The van der Waals surface area contributed by atoms with Crippen molar-refractivity contribution >= 4 is 29.0 Å². The average molecular weight is 322 g/mol. The van der Waals surface area contributed by atoms with Crippen molar-refractivity contribution in [1.82, 2.24) is 9.80 Å². The van der Waals surface area contributed by atoms with Crippen LogP contribution in [0.3, 0.4) is 0 Å². The van der Waals surface area contributed by atoms with Gasteiger partial charge < -0.3 is 4.74 Å². The molecule has 0 atom stereocenters. The minimum atomic E-state index is -0.336. The molecule has 22 heavy (non-hydrogen) atoms. The third kappa shape index (κ3) is 3.37. The zero-order valence-corrected chi connectivity index (χ0v) is 12.6. The zero-order valence-electron chi connectivity index (χ0n) is 11.8. The lowest BCUT2D eigenvalue weighted by Crippen LogP contribution is -2.45. The van der Waals surface area contributed by atoms with E-state index in [9.17, 15) is 14.0 Å². The van der Waals surface area contributed by atoms with E-state index in [0.717, 1.165) is 11.8 Å². The van der Waals surface area contributed by atoms with Crippen LogP contribution in [0, 0.1) is 5.82 Å². The van der Waals surface area contributed by atoms with Crippen LogP contribution in [0.25, 0.3) is 6.08 Å². The van der Waals surface area contributed by atoms with Gasteiger partial charge in [-0.2, -0.15) is 0 Å². The summed E-state index contributed by atoms with van der Waals surface area (Å²) in [6, 6.07) is 5.80. The van der Waals surface area contributed by atoms with Crippen LogP contribution in [0.5, 0.6) is 0 Å². The molecule has 2 heterocycles. The Balaban J connectivity index is 1.71. The fourth-order valence-electron chi connectivity index (χ4n) is 2.27. The topological polar surface area (TPSA) is 49.9 Å². The van der Waals surface area contributed by atoms with Gasteiger partial charge in [0, 0.05) is 13.1 Å². The summed E-state index contributed by atoms with van der Waals surface area (Å²) >= 11 is 0.916. The fourth-order valence-corrected chi connectivity index (χ4v) is 3.11. The summed E-state index contributed by atoms with van der Waals surface area (Å²) in [5.41, 5.74) is 0.693. The van der Waals surface area contributed by atoms with Crippen LogP contribution in [-0.4, -0.2) is 53.9 Å². The molecule has 5 nitrogen and oxygen atoms in total. The van der Waals surface area contributed by atoms with E-state index in [1.165, 1.54) is 17.0 Å². The second kappa shape index (κ2) is 6.60. The van der Waals surface area contributed by atoms with E-state index < -0.39 is 0 Å². The largest absolute Gasteiger partial charge is 0.379 e. The van der Waals surface area contributed by atoms with Crippen LogP contribution < -0.4 is 0 Å². The van der Waals surface area contributed by atoms with Gasteiger partial charge in [-0.3, -0.25) is 19.4 Å². The molecule has 0 saturated carbocycles. The number of halogens is 1. The van der Waals surface area contributed by atoms with Crippen molar-refractivity contribution < 1.29 is 18.7 Å². The Morgan fingerprint density at radius 1 is 1.18 bits per heavy atom. The molecule has 3 rings (SSSR count). The zero-order chi connectivity index (χ0) is 15.5. The van der Waals surface area contributed by atoms with Crippen LogP contribution >= 0.6 is 11.8 Å². The van der Waals surface area contributed by atoms with E-state index in [1.54, 1.807) is 18.2 Å². The minimum Gasteiger partial charge on any atom is -0.379 e. The highest BCUT2D eigenvalue weighted by Gasteiger charge is 2.36. The molecule has 2 amide bonds. The number of imide groups is 1. The van der Waals surface area contributed by atoms with Gasteiger partial charge in [-0.05, 0) is 35.5 Å². The lowest BCUT2D eigenvalue weighted by atomic mass is 10.2. The lowest BCUT2D eigenvalue weighted by molar-refractivity contribution is -0.125. The van der Waals surface area contributed by atoms with E-state index in [1.807, 2.05) is 4.90 Å². The Morgan fingerprint density at radius 3 is 2.55 bits per heavy atom. The second-order valence-corrected chi connectivity index (χ2v) is 6.03. The van der Waals surface area contributed by atoms with Gasteiger partial charge in [0.2, 0.25) is 0 Å². The van der Waals surface area contributed by atoms with Gasteiger partial charge in [-0.15, -0.1) is 0 Å². The van der Waals surface area contributed by atoms with Crippen molar-refractivity contribution in [2.45, 2.75) is 0 Å². The summed E-state index contributed by atoms with van der Waals surface area (Å²) in [7, 11) is 0. The number of carbonyl (C=O) groups is 2. The monoisotopic (exact) mass is 322 g/mol. The molecule has 0 bridgehead atoms. The standard InChI is InChI=1S/C15H15FN2O3S/c16-12-3-1-11(2-4-12)9-13-14(19)18(15(20)22-13)10-17-5-7-21-8-6-17/h1-4,9H,5-8,10H2. The van der Waals surface area contributed by atoms with Gasteiger partial charge in [0.25, 0.3) is 11.1 Å². The van der Waals surface area contributed by atoms with E-state index in [2.05, 4.69) is 0 Å². The number of thioether (sulfide) groups is 1. The van der Waals surface area contributed by atoms with E-state index in [4.69, 9.17) is 4.74 Å². The van der Waals surface area contributed by atoms with E-state index in [0.29, 0.717) is 36.8 Å². The molecule has 0 aromatic heterocycles. The summed E-state index contributed by atoms with van der Waals surface area (Å²) in [4.78, 5) is 28.0. The Morgan fingerprint density at radius 2 is 1.86 bits per heavy atom. The van der Waals surface area contributed by atoms with Crippen molar-refractivity contribution in [1.29, 1.82) is 0 Å². The number of benzene rings is 1. The van der Waals surface area contributed by atoms with Crippen molar-refractivity contribution in [3.8, 4) is 0 Å². The third-order valence-electron chi connectivity index (χ3n) is 3.49. The molecule has 0 N–H and O–H groups in total. The molecule has 2 aliphatic heterocycles. The van der Waals surface area contributed by atoms with Gasteiger partial charge in [0.15, 0.2) is 0 Å². The Labute approximate surface area is 131 Å². The normalized spacial score (nSPS) is 21.9. The highest BCUT2D eigenvalue weighted by molar-refractivity contribution is 8.18. The first-order chi connectivity index (χ1) is 10.6. The Kier molecular flexibility index (Phi) is 4.56. The Bertz CT molecular complexity index is 612. The van der Waals surface area contributed by atoms with Gasteiger partial charge in [0.05, 0.1) is 24.8 Å². The molecule has 2 aliphatic rings. The molecule has 0 aliphatic carbocycles. The van der Waals surface area contributed by atoms with Crippen molar-refractivity contribution in [2.24, 2.45) is 0 Å². The van der Waals surface area contributed by atoms with Gasteiger partial charge in [-0.25, -0.2) is 4.39 Å². The quantitative estimate of drug-likeness (QED) is 0.798. The van der Waals surface area contributed by atoms with Crippen molar-refractivity contribution in [2.75, 3.05) is 33.0 Å². The van der Waals surface area contributed by atoms with Gasteiger partial charge in [-0.1, -0.05) is 12.1 Å². The molecule has 0 spiro atoms. The van der Waals surface area contributed by atoms with Crippen LogP contribution in [0.4, 0.5) is 9.18 Å². The molecular weight excluding hydrogens is 307 g/mol. The first-order valence-corrected chi connectivity index (χ1v) is 7.76. The van der Waals surface area contributed by atoms with E-state index >= 15 is 0 Å². The van der Waals surface area contributed by atoms with Crippen LogP contribution in [-0.2, 0) is 9.53 Å². The highest BCUT2D eigenvalue weighted by atomic mass is 32.2. The molecule has 1 aromatic carbocycles. The average Bonchev–Trinajstić information content (AvgIpc) is 2.78. The summed E-state index contributed by atoms with van der Waals surface area (Å²) in [5, 5.41) is -0.273. The van der Waals surface area contributed by atoms with Crippen molar-refractivity contribution in [3.05, 3.63) is 40.6 Å². The minimum absolute atomic E-state index is 0.273. The molecular formula is C15H15FN2O3S. The van der Waals surface area contributed by atoms with Crippen LogP contribution in [0.1, 0.15) is 5.56 Å². The maximum atomic E-state index is 12.9. The second-order valence-electron chi connectivity index (χ2n) is 5.03. The maximum Gasteiger partial charge on any atom is 0.294 e. The summed E-state index contributed by atoms with van der Waals surface area (Å²) in [6.07, 6.45) is 1.61. The molecule has 0 radical (unpaired) electrons. The lowest BCUT2D eigenvalue weighted by Gasteiger charge is -2.29. The number of morpholine rings is 1. The number of amides is 2. The van der Waals surface area contributed by atoms with Crippen molar-refractivity contribution in [3.63, 3.8) is 0 Å². The first-order valence-electron chi connectivity index (χ1n) is 6.94. The van der Waals surface area contributed by atoms with E-state index in [-0.39, 0.29) is 23.6 Å². The maximum absolute atomic E-state index is 12.9. The molecule has 7 heteroatoms. The van der Waals surface area contributed by atoms with Crippen LogP contribution in [0.15, 0.2) is 29.2 Å². The fraction of sp³-hybridized carbons (Fsp3) is 0.333. The Hall–Kier alpha value is -1.70. The number of hydrogen-bond acceptors (Lipinski definition) is 5. The number of ether oxygens (including phenoxy) is 1. The predicted molar refractivity (Wildman–Crippen MR) is 81.5 cm³/mol. The van der Waals surface area contributed by atoms with Gasteiger partial charge in [0.1, 0.15) is 5.82 Å². The SMILES string of the molecule is O=C1SC(=Cc2ccc(F)cc2)C(=O)N1CN1CCOCC1. The number of nitrogens with zero attached hydrogens (tertiary/aromatic N) is 2. The number of rotatable bonds is 3. The summed E-state index contributed by atoms with van der Waals surface area (Å²) < 4.78 is 18.1. The molecule has 2 saturated heterocycles. The smallest absolute Gasteiger partial charge is 0.294 e.